The number of aryl methyl sites for hydroxylation is 1. The van der Waals surface area contributed by atoms with Crippen LogP contribution in [0.5, 0.6) is 0 Å². The van der Waals surface area contributed by atoms with Gasteiger partial charge in [0.2, 0.25) is 0 Å². The van der Waals surface area contributed by atoms with Gasteiger partial charge in [0.1, 0.15) is 4.88 Å². The van der Waals surface area contributed by atoms with Crippen LogP contribution in [0.15, 0.2) is 10.7 Å². The predicted molar refractivity (Wildman–Crippen MR) is 66.4 cm³/mol. The van der Waals surface area contributed by atoms with Crippen molar-refractivity contribution in [3.8, 4) is 0 Å². The van der Waals surface area contributed by atoms with E-state index in [-0.39, 0.29) is 11.7 Å². The topological polar surface area (TPSA) is 101 Å². The number of thiazole rings is 1. The molecule has 4 N–H and O–H groups in total. The van der Waals surface area contributed by atoms with Crippen molar-refractivity contribution in [1.29, 1.82) is 0 Å². The standard InChI is InChI=1S/C10H16N4O2S/c1-3-4-7(9(11)14-16)13-10(15)8-6(2)12-5-17-8/h5,7,16H,3-4H2,1-2H3,(H2,11,14)(H,13,15). The summed E-state index contributed by atoms with van der Waals surface area (Å²) in [5.74, 6) is -0.225. The van der Waals surface area contributed by atoms with Gasteiger partial charge in [0, 0.05) is 0 Å². The Morgan fingerprint density at radius 3 is 2.94 bits per heavy atom. The van der Waals surface area contributed by atoms with Crippen LogP contribution in [-0.2, 0) is 0 Å². The second-order valence-electron chi connectivity index (χ2n) is 3.61. The molecule has 0 saturated carbocycles. The molecule has 0 saturated heterocycles. The first kappa shape index (κ1) is 13.4. The number of aromatic nitrogens is 1. The SMILES string of the molecule is CCCC(NC(=O)c1scnc1C)/C(N)=N/O. The van der Waals surface area contributed by atoms with Crippen molar-refractivity contribution in [2.45, 2.75) is 32.7 Å². The van der Waals surface area contributed by atoms with Crippen LogP contribution in [0.25, 0.3) is 0 Å². The third-order valence-electron chi connectivity index (χ3n) is 2.31. The van der Waals surface area contributed by atoms with Gasteiger partial charge >= 0.3 is 0 Å². The fourth-order valence-electron chi connectivity index (χ4n) is 1.40. The highest BCUT2D eigenvalue weighted by molar-refractivity contribution is 7.11. The summed E-state index contributed by atoms with van der Waals surface area (Å²) in [5, 5.41) is 14.3. The van der Waals surface area contributed by atoms with Gasteiger partial charge in [0.15, 0.2) is 5.84 Å². The summed E-state index contributed by atoms with van der Waals surface area (Å²) in [6.45, 7) is 3.73. The van der Waals surface area contributed by atoms with E-state index in [2.05, 4.69) is 15.5 Å². The quantitative estimate of drug-likeness (QED) is 0.318. The van der Waals surface area contributed by atoms with Crippen LogP contribution in [-0.4, -0.2) is 28.0 Å². The van der Waals surface area contributed by atoms with Crippen molar-refractivity contribution in [1.82, 2.24) is 10.3 Å². The van der Waals surface area contributed by atoms with E-state index in [0.717, 1.165) is 6.42 Å². The molecule has 1 atom stereocenters. The zero-order valence-corrected chi connectivity index (χ0v) is 10.6. The number of hydrogen-bond donors (Lipinski definition) is 3. The maximum absolute atomic E-state index is 11.9. The van der Waals surface area contributed by atoms with Gasteiger partial charge in [-0.3, -0.25) is 4.79 Å². The third-order valence-corrected chi connectivity index (χ3v) is 3.23. The van der Waals surface area contributed by atoms with Crippen LogP contribution >= 0.6 is 11.3 Å². The highest BCUT2D eigenvalue weighted by Gasteiger charge is 2.19. The lowest BCUT2D eigenvalue weighted by Gasteiger charge is -2.15. The average molecular weight is 256 g/mol. The Morgan fingerprint density at radius 2 is 2.47 bits per heavy atom. The smallest absolute Gasteiger partial charge is 0.263 e. The Bertz CT molecular complexity index is 416. The number of nitrogens with one attached hydrogen (secondary N) is 1. The number of carbonyl (C=O) groups is 1. The maximum Gasteiger partial charge on any atom is 0.263 e. The fraction of sp³-hybridized carbons (Fsp3) is 0.500. The molecule has 6 nitrogen and oxygen atoms in total. The maximum atomic E-state index is 11.9. The minimum absolute atomic E-state index is 0.0161. The second kappa shape index (κ2) is 6.19. The zero-order valence-electron chi connectivity index (χ0n) is 9.80. The lowest BCUT2D eigenvalue weighted by Crippen LogP contribution is -2.44. The molecule has 1 amide bonds. The van der Waals surface area contributed by atoms with Crippen LogP contribution < -0.4 is 11.1 Å². The van der Waals surface area contributed by atoms with Crippen molar-refractivity contribution in [2.24, 2.45) is 10.9 Å². The van der Waals surface area contributed by atoms with Gasteiger partial charge in [0.05, 0.1) is 17.2 Å². The number of amides is 1. The van der Waals surface area contributed by atoms with E-state index >= 15 is 0 Å². The van der Waals surface area contributed by atoms with Crippen LogP contribution in [0.3, 0.4) is 0 Å². The summed E-state index contributed by atoms with van der Waals surface area (Å²) in [6.07, 6.45) is 1.45. The molecule has 0 aliphatic heterocycles. The normalized spacial score (nSPS) is 13.4. The number of nitrogens with zero attached hydrogens (tertiary/aromatic N) is 2. The molecule has 1 aromatic heterocycles. The molecular weight excluding hydrogens is 240 g/mol. The number of nitrogens with two attached hydrogens (primary N) is 1. The van der Waals surface area contributed by atoms with E-state index in [1.807, 2.05) is 6.92 Å². The van der Waals surface area contributed by atoms with E-state index in [1.165, 1.54) is 11.3 Å². The predicted octanol–water partition coefficient (Wildman–Crippen LogP) is 1.10. The van der Waals surface area contributed by atoms with Gasteiger partial charge in [-0.25, -0.2) is 4.98 Å². The summed E-state index contributed by atoms with van der Waals surface area (Å²) in [4.78, 5) is 16.5. The molecule has 0 bridgehead atoms. The number of carbonyl (C=O) groups excluding carboxylic acids is 1. The first-order chi connectivity index (χ1) is 8.10. The Labute approximate surface area is 104 Å². The van der Waals surface area contributed by atoms with Crippen LogP contribution in [0, 0.1) is 6.92 Å². The molecule has 1 heterocycles. The summed E-state index contributed by atoms with van der Waals surface area (Å²) < 4.78 is 0. The lowest BCUT2D eigenvalue weighted by atomic mass is 10.1. The first-order valence-corrected chi connectivity index (χ1v) is 6.16. The van der Waals surface area contributed by atoms with Crippen molar-refractivity contribution in [3.63, 3.8) is 0 Å². The van der Waals surface area contributed by atoms with Crippen LogP contribution in [0.1, 0.15) is 35.1 Å². The highest BCUT2D eigenvalue weighted by atomic mass is 32.1. The third kappa shape index (κ3) is 3.42. The highest BCUT2D eigenvalue weighted by Crippen LogP contribution is 2.12. The Morgan fingerprint density at radius 1 is 1.76 bits per heavy atom. The molecule has 0 aliphatic carbocycles. The molecule has 0 fully saturated rings. The monoisotopic (exact) mass is 256 g/mol. The number of hydrogen-bond acceptors (Lipinski definition) is 5. The van der Waals surface area contributed by atoms with Crippen molar-refractivity contribution in [2.75, 3.05) is 0 Å². The number of amidine groups is 1. The van der Waals surface area contributed by atoms with E-state index in [1.54, 1.807) is 12.4 Å². The van der Waals surface area contributed by atoms with E-state index in [4.69, 9.17) is 10.9 Å². The number of rotatable bonds is 5. The van der Waals surface area contributed by atoms with Gasteiger partial charge < -0.3 is 16.3 Å². The molecule has 0 aliphatic rings. The molecule has 94 valence electrons. The molecular formula is C10H16N4O2S. The Hall–Kier alpha value is -1.63. The van der Waals surface area contributed by atoms with Gasteiger partial charge in [-0.2, -0.15) is 0 Å². The Balaban J connectivity index is 2.74. The first-order valence-electron chi connectivity index (χ1n) is 5.28. The molecule has 1 aromatic rings. The minimum Gasteiger partial charge on any atom is -0.409 e. The average Bonchev–Trinajstić information content (AvgIpc) is 2.73. The molecule has 0 aromatic carbocycles. The molecule has 1 rings (SSSR count). The van der Waals surface area contributed by atoms with Gasteiger partial charge in [-0.05, 0) is 13.3 Å². The molecule has 17 heavy (non-hydrogen) atoms. The van der Waals surface area contributed by atoms with Crippen LogP contribution in [0.4, 0.5) is 0 Å². The van der Waals surface area contributed by atoms with Crippen LogP contribution in [0.2, 0.25) is 0 Å². The molecule has 1 unspecified atom stereocenters. The van der Waals surface area contributed by atoms with Crippen molar-refractivity contribution >= 4 is 23.1 Å². The Kier molecular flexibility index (Phi) is 4.89. The molecule has 0 radical (unpaired) electrons. The van der Waals surface area contributed by atoms with Crippen molar-refractivity contribution < 1.29 is 10.0 Å². The molecule has 0 spiro atoms. The summed E-state index contributed by atoms with van der Waals surface area (Å²) >= 11 is 1.27. The van der Waals surface area contributed by atoms with Gasteiger partial charge in [-0.1, -0.05) is 18.5 Å². The van der Waals surface area contributed by atoms with Crippen molar-refractivity contribution in [3.05, 3.63) is 16.1 Å². The second-order valence-corrected chi connectivity index (χ2v) is 4.46. The fourth-order valence-corrected chi connectivity index (χ4v) is 2.10. The van der Waals surface area contributed by atoms with Gasteiger partial charge in [-0.15, -0.1) is 11.3 Å². The molecule has 7 heteroatoms. The number of oxime groups is 1. The summed E-state index contributed by atoms with van der Waals surface area (Å²) in [7, 11) is 0. The van der Waals surface area contributed by atoms with E-state index in [0.29, 0.717) is 17.0 Å². The summed E-state index contributed by atoms with van der Waals surface area (Å²) in [6, 6.07) is -0.445. The van der Waals surface area contributed by atoms with E-state index < -0.39 is 6.04 Å². The van der Waals surface area contributed by atoms with E-state index in [9.17, 15) is 4.79 Å². The zero-order chi connectivity index (χ0) is 12.8. The minimum atomic E-state index is -0.445. The largest absolute Gasteiger partial charge is 0.409 e. The lowest BCUT2D eigenvalue weighted by molar-refractivity contribution is 0.0948. The van der Waals surface area contributed by atoms with Gasteiger partial charge in [0.25, 0.3) is 5.91 Å². The summed E-state index contributed by atoms with van der Waals surface area (Å²) in [5.41, 5.74) is 7.81.